The first-order chi connectivity index (χ1) is 14.9. The van der Waals surface area contributed by atoms with Crippen molar-refractivity contribution in [2.45, 2.75) is 19.9 Å². The van der Waals surface area contributed by atoms with Crippen LogP contribution in [0.4, 0.5) is 19.1 Å². The Kier molecular flexibility index (Phi) is 7.76. The van der Waals surface area contributed by atoms with Gasteiger partial charge in [0.05, 0.1) is 18.7 Å². The molecule has 3 rings (SSSR count). The van der Waals surface area contributed by atoms with Crippen LogP contribution in [0.25, 0.3) is 0 Å². The summed E-state index contributed by atoms with van der Waals surface area (Å²) >= 11 is 1.24. The second-order valence-corrected chi connectivity index (χ2v) is 7.69. The average molecular weight is 450 g/mol. The molecular weight excluding hydrogens is 425 g/mol. The number of nitrogens with zero attached hydrogens (tertiary/aromatic N) is 3. The Balaban J connectivity index is 1.42. The lowest BCUT2D eigenvalue weighted by atomic mass is 10.2. The van der Waals surface area contributed by atoms with Crippen LogP contribution in [0.5, 0.6) is 0 Å². The Hall–Kier alpha value is -3.21. The van der Waals surface area contributed by atoms with E-state index < -0.39 is 0 Å². The summed E-state index contributed by atoms with van der Waals surface area (Å²) in [5, 5.41) is 7.60. The van der Waals surface area contributed by atoms with Gasteiger partial charge in [0.2, 0.25) is 5.91 Å². The van der Waals surface area contributed by atoms with Gasteiger partial charge in [-0.1, -0.05) is 12.1 Å². The molecule has 9 nitrogen and oxygen atoms in total. The Bertz CT molecular complexity index is 913. The Morgan fingerprint density at radius 3 is 2.48 bits per heavy atom. The Labute approximate surface area is 183 Å². The minimum Gasteiger partial charge on any atom is -0.450 e. The molecule has 0 unspecified atom stereocenters. The number of amides is 4. The molecule has 0 spiro atoms. The minimum atomic E-state index is -0.371. The van der Waals surface area contributed by atoms with E-state index >= 15 is 0 Å². The van der Waals surface area contributed by atoms with E-state index in [-0.39, 0.29) is 30.3 Å². The van der Waals surface area contributed by atoms with Crippen molar-refractivity contribution in [2.24, 2.45) is 0 Å². The number of hydrogen-bond donors (Lipinski definition) is 2. The van der Waals surface area contributed by atoms with Crippen LogP contribution in [0.15, 0.2) is 29.6 Å². The number of aromatic nitrogens is 1. The molecule has 11 heteroatoms. The van der Waals surface area contributed by atoms with Gasteiger partial charge < -0.3 is 19.9 Å². The molecule has 166 valence electrons. The van der Waals surface area contributed by atoms with Gasteiger partial charge in [-0.15, -0.1) is 11.3 Å². The number of benzene rings is 1. The number of urea groups is 1. The highest BCUT2D eigenvalue weighted by molar-refractivity contribution is 7.13. The molecule has 1 fully saturated rings. The summed E-state index contributed by atoms with van der Waals surface area (Å²) in [5.74, 6) is -0.546. The van der Waals surface area contributed by atoms with Crippen molar-refractivity contribution in [3.05, 3.63) is 46.7 Å². The molecule has 1 aromatic carbocycles. The highest BCUT2D eigenvalue weighted by atomic mass is 32.1. The van der Waals surface area contributed by atoms with Crippen LogP contribution in [0.2, 0.25) is 0 Å². The second kappa shape index (κ2) is 10.7. The predicted octanol–water partition coefficient (Wildman–Crippen LogP) is 2.45. The van der Waals surface area contributed by atoms with Gasteiger partial charge in [0.15, 0.2) is 5.13 Å². The van der Waals surface area contributed by atoms with Crippen molar-refractivity contribution in [1.29, 1.82) is 0 Å². The highest BCUT2D eigenvalue weighted by Crippen LogP contribution is 2.17. The van der Waals surface area contributed by atoms with E-state index in [0.29, 0.717) is 50.2 Å². The minimum absolute atomic E-state index is 0.0752. The zero-order chi connectivity index (χ0) is 22.2. The molecule has 0 saturated carbocycles. The zero-order valence-electron chi connectivity index (χ0n) is 17.1. The fraction of sp³-hybridized carbons (Fsp3) is 0.400. The number of carbonyl (C=O) groups is 3. The summed E-state index contributed by atoms with van der Waals surface area (Å²) in [6.07, 6.45) is -0.295. The van der Waals surface area contributed by atoms with Gasteiger partial charge in [-0.25, -0.2) is 19.0 Å². The van der Waals surface area contributed by atoms with Gasteiger partial charge in [0.1, 0.15) is 5.82 Å². The summed E-state index contributed by atoms with van der Waals surface area (Å²) in [4.78, 5) is 43.7. The normalized spacial score (nSPS) is 13.6. The molecule has 1 saturated heterocycles. The number of thiazole rings is 1. The standard InChI is InChI=1S/C20H24FN5O4S/c1-2-30-20(29)26-9-7-25(8-10-26)19(28)24-18-23-16(13-31-18)11-17(27)22-12-14-3-5-15(21)6-4-14/h3-6,13H,2,7-12H2,1H3,(H,22,27)(H,23,24,28). The lowest BCUT2D eigenvalue weighted by Gasteiger charge is -2.33. The molecule has 2 aromatic rings. The molecule has 0 aliphatic carbocycles. The number of carbonyl (C=O) groups excluding carboxylic acids is 3. The number of nitrogens with one attached hydrogen (secondary N) is 2. The van der Waals surface area contributed by atoms with Gasteiger partial charge in [0.25, 0.3) is 0 Å². The summed E-state index contributed by atoms with van der Waals surface area (Å²) < 4.78 is 17.9. The maximum atomic E-state index is 12.9. The lowest BCUT2D eigenvalue weighted by Crippen LogP contribution is -2.51. The van der Waals surface area contributed by atoms with Crippen molar-refractivity contribution in [3.8, 4) is 0 Å². The number of hydrogen-bond acceptors (Lipinski definition) is 6. The van der Waals surface area contributed by atoms with Crippen LogP contribution in [-0.4, -0.2) is 65.6 Å². The third kappa shape index (κ3) is 6.64. The van der Waals surface area contributed by atoms with Gasteiger partial charge >= 0.3 is 12.1 Å². The summed E-state index contributed by atoms with van der Waals surface area (Å²) in [5.41, 5.74) is 1.34. The SMILES string of the molecule is CCOC(=O)N1CCN(C(=O)Nc2nc(CC(=O)NCc3ccc(F)cc3)cs2)CC1. The van der Waals surface area contributed by atoms with Crippen LogP contribution in [0.1, 0.15) is 18.2 Å². The van der Waals surface area contributed by atoms with E-state index in [1.54, 1.807) is 34.2 Å². The molecule has 2 heterocycles. The number of anilines is 1. The maximum Gasteiger partial charge on any atom is 0.409 e. The molecule has 0 radical (unpaired) electrons. The summed E-state index contributed by atoms with van der Waals surface area (Å²) in [6, 6.07) is 5.60. The van der Waals surface area contributed by atoms with Crippen LogP contribution >= 0.6 is 11.3 Å². The predicted molar refractivity (Wildman–Crippen MR) is 113 cm³/mol. The molecule has 0 atom stereocenters. The summed E-state index contributed by atoms with van der Waals surface area (Å²) in [7, 11) is 0. The third-order valence-electron chi connectivity index (χ3n) is 4.60. The second-order valence-electron chi connectivity index (χ2n) is 6.83. The van der Waals surface area contributed by atoms with Gasteiger partial charge in [-0.3, -0.25) is 10.1 Å². The largest absolute Gasteiger partial charge is 0.450 e. The Morgan fingerprint density at radius 2 is 1.81 bits per heavy atom. The van der Waals surface area contributed by atoms with E-state index in [4.69, 9.17) is 4.74 Å². The highest BCUT2D eigenvalue weighted by Gasteiger charge is 2.25. The van der Waals surface area contributed by atoms with Crippen LogP contribution in [-0.2, 0) is 22.5 Å². The molecule has 1 aromatic heterocycles. The molecule has 0 bridgehead atoms. The molecule has 2 N–H and O–H groups in total. The fourth-order valence-electron chi connectivity index (χ4n) is 2.95. The Morgan fingerprint density at radius 1 is 1.13 bits per heavy atom. The smallest absolute Gasteiger partial charge is 0.409 e. The van der Waals surface area contributed by atoms with Crippen molar-refractivity contribution in [2.75, 3.05) is 38.1 Å². The van der Waals surface area contributed by atoms with Crippen LogP contribution < -0.4 is 10.6 Å². The number of rotatable bonds is 6. The number of ether oxygens (including phenoxy) is 1. The van der Waals surface area contributed by atoms with E-state index in [1.807, 2.05) is 0 Å². The van der Waals surface area contributed by atoms with Crippen LogP contribution in [0.3, 0.4) is 0 Å². The first-order valence-corrected chi connectivity index (χ1v) is 10.8. The topological polar surface area (TPSA) is 104 Å². The van der Waals surface area contributed by atoms with E-state index in [9.17, 15) is 18.8 Å². The molecule has 31 heavy (non-hydrogen) atoms. The first-order valence-electron chi connectivity index (χ1n) is 9.87. The van der Waals surface area contributed by atoms with Crippen molar-refractivity contribution in [3.63, 3.8) is 0 Å². The van der Waals surface area contributed by atoms with Crippen molar-refractivity contribution in [1.82, 2.24) is 20.1 Å². The van der Waals surface area contributed by atoms with E-state index in [0.717, 1.165) is 5.56 Å². The van der Waals surface area contributed by atoms with E-state index in [2.05, 4.69) is 15.6 Å². The fourth-order valence-corrected chi connectivity index (χ4v) is 3.65. The molecule has 4 amide bonds. The quantitative estimate of drug-likeness (QED) is 0.705. The lowest BCUT2D eigenvalue weighted by molar-refractivity contribution is -0.120. The molecule has 1 aliphatic rings. The molecule has 1 aliphatic heterocycles. The average Bonchev–Trinajstić information content (AvgIpc) is 3.20. The van der Waals surface area contributed by atoms with Gasteiger partial charge in [-0.05, 0) is 24.6 Å². The number of piperazine rings is 1. The third-order valence-corrected chi connectivity index (χ3v) is 5.41. The monoisotopic (exact) mass is 449 g/mol. The van der Waals surface area contributed by atoms with E-state index in [1.165, 1.54) is 23.5 Å². The van der Waals surface area contributed by atoms with Gasteiger partial charge in [0, 0.05) is 38.1 Å². The van der Waals surface area contributed by atoms with Crippen molar-refractivity contribution < 1.29 is 23.5 Å². The zero-order valence-corrected chi connectivity index (χ0v) is 17.9. The van der Waals surface area contributed by atoms with Crippen LogP contribution in [0, 0.1) is 5.82 Å². The first kappa shape index (κ1) is 22.5. The summed E-state index contributed by atoms with van der Waals surface area (Å²) in [6.45, 7) is 3.97. The van der Waals surface area contributed by atoms with Crippen molar-refractivity contribution >= 4 is 34.5 Å². The molecular formula is C20H24FN5O4S. The number of halogens is 1. The van der Waals surface area contributed by atoms with Gasteiger partial charge in [-0.2, -0.15) is 0 Å². The maximum absolute atomic E-state index is 12.9.